The number of aromatic nitrogens is 4. The number of oxime groups is 1. The molecule has 32 heavy (non-hydrogen) atoms. The zero-order chi connectivity index (χ0) is 23.7. The Morgan fingerprint density at radius 2 is 1.94 bits per heavy atom. The zero-order valence-corrected chi connectivity index (χ0v) is 20.5. The summed E-state index contributed by atoms with van der Waals surface area (Å²) in [4.78, 5) is 24.7. The van der Waals surface area contributed by atoms with Crippen LogP contribution in [0.5, 0.6) is 0 Å². The van der Waals surface area contributed by atoms with Crippen LogP contribution in [-0.4, -0.2) is 55.8 Å². The maximum absolute atomic E-state index is 12.2. The Balaban J connectivity index is 2.01. The average Bonchev–Trinajstić information content (AvgIpc) is 3.15. The van der Waals surface area contributed by atoms with E-state index in [9.17, 15) is 4.79 Å². The molecule has 0 bridgehead atoms. The number of imidazole rings is 1. The first-order valence-corrected chi connectivity index (χ1v) is 12.2. The molecule has 12 heteroatoms. The molecule has 0 amide bonds. The van der Waals surface area contributed by atoms with Gasteiger partial charge in [0.2, 0.25) is 8.30 Å². The first-order valence-electron chi connectivity index (χ1n) is 10.7. The smallest absolute Gasteiger partial charge is 0.323 e. The van der Waals surface area contributed by atoms with Crippen LogP contribution in [0.2, 0.25) is 0 Å². The van der Waals surface area contributed by atoms with Crippen LogP contribution >= 0.6 is 8.30 Å². The standard InChI is InChI=1S/C20H34N7O4P/c1-7-16(8-2)25-31-32(26-15(6)20(28)30-13(3)4)12-29-14(5)9-27-11-24-17-18(21)22-10-23-19(17)27/h10-11,13-15,26H,7-9,12H2,1-6H3,(H2,21,22,23)/t14-,15+,32?/m1/s1. The van der Waals surface area contributed by atoms with Gasteiger partial charge < -0.3 is 24.4 Å². The molecule has 2 aromatic rings. The van der Waals surface area contributed by atoms with Crippen LogP contribution in [0.4, 0.5) is 5.82 Å². The largest absolute Gasteiger partial charge is 0.462 e. The van der Waals surface area contributed by atoms with E-state index in [0.29, 0.717) is 23.5 Å². The molecule has 0 aromatic carbocycles. The maximum atomic E-state index is 12.2. The van der Waals surface area contributed by atoms with Crippen molar-refractivity contribution in [2.45, 2.75) is 79.2 Å². The number of carbonyl (C=O) groups is 1. The molecule has 2 aromatic heterocycles. The highest BCUT2D eigenvalue weighted by Crippen LogP contribution is 2.34. The van der Waals surface area contributed by atoms with Gasteiger partial charge in [0.05, 0.1) is 30.8 Å². The fourth-order valence-electron chi connectivity index (χ4n) is 2.73. The summed E-state index contributed by atoms with van der Waals surface area (Å²) in [5.74, 6) is -0.00674. The van der Waals surface area contributed by atoms with Crippen LogP contribution in [0.3, 0.4) is 0 Å². The lowest BCUT2D eigenvalue weighted by molar-refractivity contribution is -0.148. The van der Waals surface area contributed by atoms with Gasteiger partial charge in [-0.3, -0.25) is 4.79 Å². The Kier molecular flexibility index (Phi) is 10.2. The highest BCUT2D eigenvalue weighted by atomic mass is 31.2. The van der Waals surface area contributed by atoms with Gasteiger partial charge in [0.15, 0.2) is 11.5 Å². The first-order chi connectivity index (χ1) is 15.2. The third kappa shape index (κ3) is 7.65. The van der Waals surface area contributed by atoms with E-state index in [1.165, 1.54) is 6.33 Å². The molecular weight excluding hydrogens is 433 g/mol. The van der Waals surface area contributed by atoms with Crippen LogP contribution in [0.15, 0.2) is 17.8 Å². The Hall–Kier alpha value is -2.36. The third-order valence-electron chi connectivity index (χ3n) is 4.49. The van der Waals surface area contributed by atoms with Crippen molar-refractivity contribution >= 4 is 37.0 Å². The maximum Gasteiger partial charge on any atom is 0.323 e. The number of esters is 1. The summed E-state index contributed by atoms with van der Waals surface area (Å²) in [7, 11) is -1.37. The van der Waals surface area contributed by atoms with Gasteiger partial charge in [-0.05, 0) is 40.5 Å². The average molecular weight is 468 g/mol. The van der Waals surface area contributed by atoms with Crippen molar-refractivity contribution in [2.75, 3.05) is 12.1 Å². The van der Waals surface area contributed by atoms with E-state index < -0.39 is 14.3 Å². The van der Waals surface area contributed by atoms with Crippen LogP contribution in [0.1, 0.15) is 54.4 Å². The van der Waals surface area contributed by atoms with Gasteiger partial charge in [0.1, 0.15) is 24.2 Å². The van der Waals surface area contributed by atoms with Gasteiger partial charge in [0, 0.05) is 0 Å². The number of nitrogens with zero attached hydrogens (tertiary/aromatic N) is 5. The highest BCUT2D eigenvalue weighted by Gasteiger charge is 2.23. The normalized spacial score (nSPS) is 14.2. The molecule has 0 saturated heterocycles. The number of carbonyl (C=O) groups excluding carboxylic acids is 1. The number of nitrogens with two attached hydrogens (primary N) is 1. The molecule has 1 unspecified atom stereocenters. The molecule has 0 aliphatic rings. The predicted molar refractivity (Wildman–Crippen MR) is 125 cm³/mol. The van der Waals surface area contributed by atoms with E-state index in [2.05, 4.69) is 25.2 Å². The summed E-state index contributed by atoms with van der Waals surface area (Å²) in [5, 5.41) is 7.40. The van der Waals surface area contributed by atoms with E-state index in [4.69, 9.17) is 19.8 Å². The second-order valence-corrected chi connectivity index (χ2v) is 9.03. The summed E-state index contributed by atoms with van der Waals surface area (Å²) in [6.45, 7) is 11.9. The third-order valence-corrected chi connectivity index (χ3v) is 5.83. The second-order valence-electron chi connectivity index (χ2n) is 7.60. The van der Waals surface area contributed by atoms with Gasteiger partial charge in [-0.15, -0.1) is 0 Å². The van der Waals surface area contributed by atoms with Crippen molar-refractivity contribution in [3.8, 4) is 0 Å². The number of nitrogen functional groups attached to an aromatic ring is 1. The van der Waals surface area contributed by atoms with Crippen LogP contribution < -0.4 is 10.8 Å². The minimum atomic E-state index is -1.37. The second kappa shape index (κ2) is 12.6. The molecule has 11 nitrogen and oxygen atoms in total. The monoisotopic (exact) mass is 467 g/mol. The van der Waals surface area contributed by atoms with Crippen molar-refractivity contribution in [3.05, 3.63) is 12.7 Å². The lowest BCUT2D eigenvalue weighted by atomic mass is 10.2. The molecule has 0 radical (unpaired) electrons. The molecule has 178 valence electrons. The SMILES string of the molecule is CCC(CC)=NOP(CO[C@H](C)Cn1cnc2c(N)ncnc21)N[C@@H](C)C(=O)OC(C)C. The molecule has 3 N–H and O–H groups in total. The summed E-state index contributed by atoms with van der Waals surface area (Å²) in [5.41, 5.74) is 8.00. The Morgan fingerprint density at radius 1 is 1.22 bits per heavy atom. The minimum absolute atomic E-state index is 0.183. The van der Waals surface area contributed by atoms with E-state index in [0.717, 1.165) is 18.6 Å². The predicted octanol–water partition coefficient (Wildman–Crippen LogP) is 3.21. The number of ether oxygens (including phenoxy) is 2. The number of fused-ring (bicyclic) bond motifs is 1. The molecule has 0 aliphatic carbocycles. The molecule has 0 fully saturated rings. The van der Waals surface area contributed by atoms with Crippen LogP contribution in [-0.2, 0) is 25.4 Å². The lowest BCUT2D eigenvalue weighted by Crippen LogP contribution is -2.34. The summed E-state index contributed by atoms with van der Waals surface area (Å²) in [6, 6.07) is -0.554. The molecule has 2 rings (SSSR count). The first kappa shape index (κ1) is 25.9. The van der Waals surface area contributed by atoms with Crippen molar-refractivity contribution in [2.24, 2.45) is 5.16 Å². The molecule has 2 heterocycles. The van der Waals surface area contributed by atoms with Crippen molar-refractivity contribution in [1.82, 2.24) is 24.6 Å². The number of hydrogen-bond acceptors (Lipinski definition) is 10. The summed E-state index contributed by atoms with van der Waals surface area (Å²) < 4.78 is 18.9. The van der Waals surface area contributed by atoms with E-state index in [-0.39, 0.29) is 24.5 Å². The summed E-state index contributed by atoms with van der Waals surface area (Å²) in [6.07, 6.45) is 4.52. The highest BCUT2D eigenvalue weighted by molar-refractivity contribution is 7.50. The molecule has 0 aliphatic heterocycles. The summed E-state index contributed by atoms with van der Waals surface area (Å²) >= 11 is 0. The molecular formula is C20H34N7O4P. The van der Waals surface area contributed by atoms with Crippen LogP contribution in [0, 0.1) is 0 Å². The van der Waals surface area contributed by atoms with Gasteiger partial charge in [-0.1, -0.05) is 19.0 Å². The minimum Gasteiger partial charge on any atom is -0.462 e. The Labute approximate surface area is 190 Å². The number of anilines is 1. The number of nitrogens with one attached hydrogen (secondary N) is 1. The van der Waals surface area contributed by atoms with Gasteiger partial charge >= 0.3 is 5.97 Å². The molecule has 3 atom stereocenters. The fraction of sp³-hybridized carbons (Fsp3) is 0.650. The zero-order valence-electron chi connectivity index (χ0n) is 19.6. The lowest BCUT2D eigenvalue weighted by Gasteiger charge is -2.22. The van der Waals surface area contributed by atoms with Gasteiger partial charge in [-0.25, -0.2) is 20.0 Å². The quantitative estimate of drug-likeness (QED) is 0.197. The molecule has 0 saturated carbocycles. The van der Waals surface area contributed by atoms with Gasteiger partial charge in [0.25, 0.3) is 0 Å². The number of hydrogen-bond donors (Lipinski definition) is 2. The van der Waals surface area contributed by atoms with Crippen molar-refractivity contribution < 1.29 is 18.9 Å². The number of rotatable bonds is 13. The Bertz CT molecular complexity index is 899. The van der Waals surface area contributed by atoms with E-state index in [1.54, 1.807) is 13.3 Å². The fourth-order valence-corrected chi connectivity index (χ4v) is 4.04. The topological polar surface area (TPSA) is 139 Å². The van der Waals surface area contributed by atoms with Gasteiger partial charge in [-0.2, -0.15) is 0 Å². The van der Waals surface area contributed by atoms with Crippen molar-refractivity contribution in [3.63, 3.8) is 0 Å². The van der Waals surface area contributed by atoms with E-state index in [1.807, 2.05) is 39.2 Å². The Morgan fingerprint density at radius 3 is 2.59 bits per heavy atom. The van der Waals surface area contributed by atoms with Crippen molar-refractivity contribution in [1.29, 1.82) is 0 Å². The van der Waals surface area contributed by atoms with Crippen LogP contribution in [0.25, 0.3) is 11.2 Å². The van der Waals surface area contributed by atoms with E-state index >= 15 is 0 Å². The molecule has 0 spiro atoms.